The molecule has 2 N–H and O–H groups in total. The molecule has 2 aliphatic rings. The molecule has 0 radical (unpaired) electrons. The Hall–Kier alpha value is -4.40. The van der Waals surface area contributed by atoms with Gasteiger partial charge in [-0.25, -0.2) is 0 Å². The molecule has 4 rings (SSSR count). The number of amides is 3. The first kappa shape index (κ1) is 22.8. The van der Waals surface area contributed by atoms with Crippen LogP contribution in [0.5, 0.6) is 11.5 Å². The summed E-state index contributed by atoms with van der Waals surface area (Å²) in [5.41, 5.74) is -0.00886. The number of nitrogens with zero attached hydrogens (tertiary/aromatic N) is 2. The number of anilines is 2. The second-order valence-electron chi connectivity index (χ2n) is 7.91. The lowest BCUT2D eigenvalue weighted by Gasteiger charge is -2.41. The molecule has 2 heterocycles. The average molecular weight is 460 g/mol. The van der Waals surface area contributed by atoms with Gasteiger partial charge >= 0.3 is 0 Å². The third-order valence-corrected chi connectivity index (χ3v) is 5.65. The molecule has 174 valence electrons. The van der Waals surface area contributed by atoms with Gasteiger partial charge in [0.25, 0.3) is 17.7 Å². The summed E-state index contributed by atoms with van der Waals surface area (Å²) in [6.07, 6.45) is 6.82. The first-order valence-electron chi connectivity index (χ1n) is 10.6. The molecule has 0 bridgehead atoms. The summed E-state index contributed by atoms with van der Waals surface area (Å²) < 4.78 is 10.9. The summed E-state index contributed by atoms with van der Waals surface area (Å²) in [5, 5.41) is 5.65. The maximum absolute atomic E-state index is 13.4. The zero-order chi connectivity index (χ0) is 24.3. The lowest BCUT2D eigenvalue weighted by molar-refractivity contribution is -0.130. The van der Waals surface area contributed by atoms with Crippen molar-refractivity contribution in [2.75, 3.05) is 24.9 Å². The zero-order valence-corrected chi connectivity index (χ0v) is 19.0. The van der Waals surface area contributed by atoms with E-state index in [4.69, 9.17) is 9.47 Å². The molecule has 2 aliphatic heterocycles. The highest BCUT2D eigenvalue weighted by Gasteiger charge is 2.45. The van der Waals surface area contributed by atoms with Crippen LogP contribution in [0.4, 0.5) is 11.4 Å². The van der Waals surface area contributed by atoms with E-state index >= 15 is 0 Å². The standard InChI is InChI=1S/C25H24N4O5/c1-25(15-22(30)28-21-11-7-8-12-29(21)25)24(32)27-18-14-19(33-2)17(13-20(18)34-3)26-23(31)16-9-5-4-6-10-16/h4-14H,15H2,1-3H3,(H,26,31)(H,27,32). The number of hydrogen-bond donors (Lipinski definition) is 2. The van der Waals surface area contributed by atoms with Gasteiger partial charge in [-0.05, 0) is 31.2 Å². The third-order valence-electron chi connectivity index (χ3n) is 5.65. The quantitative estimate of drug-likeness (QED) is 0.684. The Balaban J connectivity index is 1.62. The van der Waals surface area contributed by atoms with E-state index in [1.807, 2.05) is 6.07 Å². The summed E-state index contributed by atoms with van der Waals surface area (Å²) in [6, 6.07) is 11.9. The molecule has 0 fully saturated rings. The fourth-order valence-corrected chi connectivity index (χ4v) is 3.81. The SMILES string of the molecule is COc1cc(NC(=O)C2(C)CC(=O)N=C3C=CC=CN32)c(OC)cc1NC(=O)c1ccccc1. The van der Waals surface area contributed by atoms with Gasteiger partial charge < -0.3 is 25.0 Å². The fourth-order valence-electron chi connectivity index (χ4n) is 3.81. The smallest absolute Gasteiger partial charge is 0.255 e. The van der Waals surface area contributed by atoms with E-state index in [2.05, 4.69) is 15.6 Å². The zero-order valence-electron chi connectivity index (χ0n) is 19.0. The van der Waals surface area contributed by atoms with Crippen LogP contribution in [-0.2, 0) is 9.59 Å². The van der Waals surface area contributed by atoms with Gasteiger partial charge in [-0.15, -0.1) is 0 Å². The fraction of sp³-hybridized carbons (Fsp3) is 0.200. The second-order valence-corrected chi connectivity index (χ2v) is 7.91. The number of benzene rings is 2. The second kappa shape index (κ2) is 9.22. The van der Waals surface area contributed by atoms with Gasteiger partial charge in [0, 0.05) is 23.9 Å². The van der Waals surface area contributed by atoms with Gasteiger partial charge in [-0.3, -0.25) is 14.4 Å². The Labute approximate surface area is 196 Å². The van der Waals surface area contributed by atoms with Crippen molar-refractivity contribution in [2.24, 2.45) is 4.99 Å². The first-order chi connectivity index (χ1) is 16.4. The number of amidine groups is 1. The Morgan fingerprint density at radius 3 is 2.29 bits per heavy atom. The largest absolute Gasteiger partial charge is 0.494 e. The van der Waals surface area contributed by atoms with Crippen molar-refractivity contribution in [1.29, 1.82) is 0 Å². The van der Waals surface area contributed by atoms with E-state index in [0.29, 0.717) is 34.3 Å². The van der Waals surface area contributed by atoms with Gasteiger partial charge in [0.05, 0.1) is 32.0 Å². The van der Waals surface area contributed by atoms with Crippen LogP contribution in [0, 0.1) is 0 Å². The molecule has 1 unspecified atom stereocenters. The molecule has 0 spiro atoms. The van der Waals surface area contributed by atoms with E-state index in [-0.39, 0.29) is 18.2 Å². The number of aliphatic imine (C=N–C) groups is 1. The average Bonchev–Trinajstić information content (AvgIpc) is 2.84. The van der Waals surface area contributed by atoms with Crippen LogP contribution in [0.15, 0.2) is 71.9 Å². The number of carbonyl (C=O) groups is 3. The first-order valence-corrected chi connectivity index (χ1v) is 10.6. The van der Waals surface area contributed by atoms with E-state index in [0.717, 1.165) is 0 Å². The van der Waals surface area contributed by atoms with Gasteiger partial charge in [-0.1, -0.05) is 24.3 Å². The van der Waals surface area contributed by atoms with Crippen LogP contribution >= 0.6 is 0 Å². The molecule has 0 saturated carbocycles. The van der Waals surface area contributed by atoms with Gasteiger partial charge in [0.15, 0.2) is 0 Å². The molecule has 9 nitrogen and oxygen atoms in total. The predicted octanol–water partition coefficient (Wildman–Crippen LogP) is 3.37. The molecule has 0 aromatic heterocycles. The van der Waals surface area contributed by atoms with E-state index < -0.39 is 11.4 Å². The topological polar surface area (TPSA) is 109 Å². The van der Waals surface area contributed by atoms with Crippen LogP contribution in [0.3, 0.4) is 0 Å². The molecule has 3 amide bonds. The lowest BCUT2D eigenvalue weighted by atomic mass is 9.91. The van der Waals surface area contributed by atoms with Crippen molar-refractivity contribution in [2.45, 2.75) is 18.9 Å². The molecule has 1 atom stereocenters. The van der Waals surface area contributed by atoms with Crippen molar-refractivity contribution in [3.8, 4) is 11.5 Å². The maximum Gasteiger partial charge on any atom is 0.255 e. The van der Waals surface area contributed by atoms with Gasteiger partial charge in [-0.2, -0.15) is 4.99 Å². The van der Waals surface area contributed by atoms with Crippen LogP contribution < -0.4 is 20.1 Å². The highest BCUT2D eigenvalue weighted by molar-refractivity contribution is 6.12. The molecule has 0 aliphatic carbocycles. The molecule has 2 aromatic carbocycles. The molecule has 9 heteroatoms. The normalized spacial score (nSPS) is 18.6. The Morgan fingerprint density at radius 1 is 1.00 bits per heavy atom. The number of carbonyl (C=O) groups excluding carboxylic acids is 3. The molecule has 0 saturated heterocycles. The summed E-state index contributed by atoms with van der Waals surface area (Å²) in [7, 11) is 2.91. The number of hydrogen-bond acceptors (Lipinski definition) is 6. The number of nitrogens with one attached hydrogen (secondary N) is 2. The Kier molecular flexibility index (Phi) is 6.18. The minimum absolute atomic E-state index is 0.0921. The number of ether oxygens (including phenoxy) is 2. The van der Waals surface area contributed by atoms with Crippen molar-refractivity contribution < 1.29 is 23.9 Å². The van der Waals surface area contributed by atoms with Crippen LogP contribution in [-0.4, -0.2) is 48.2 Å². The minimum atomic E-state index is -1.20. The summed E-state index contributed by atoms with van der Waals surface area (Å²) in [5.74, 6) is -0.0795. The number of fused-ring (bicyclic) bond motifs is 1. The Morgan fingerprint density at radius 2 is 1.65 bits per heavy atom. The summed E-state index contributed by atoms with van der Waals surface area (Å²) in [4.78, 5) is 44.0. The Bertz CT molecular complexity index is 1240. The monoisotopic (exact) mass is 460 g/mol. The van der Waals surface area contributed by atoms with Crippen molar-refractivity contribution >= 4 is 34.9 Å². The van der Waals surface area contributed by atoms with Gasteiger partial charge in [0.1, 0.15) is 22.9 Å². The number of allylic oxidation sites excluding steroid dienone is 2. The van der Waals surface area contributed by atoms with E-state index in [1.165, 1.54) is 14.2 Å². The molecular weight excluding hydrogens is 436 g/mol. The number of rotatable bonds is 6. The van der Waals surface area contributed by atoms with E-state index in [1.54, 1.807) is 72.6 Å². The molecular formula is C25H24N4O5. The summed E-state index contributed by atoms with van der Waals surface area (Å²) in [6.45, 7) is 1.68. The third kappa shape index (κ3) is 4.27. The molecule has 2 aromatic rings. The highest BCUT2D eigenvalue weighted by atomic mass is 16.5. The minimum Gasteiger partial charge on any atom is -0.494 e. The van der Waals surface area contributed by atoms with Gasteiger partial charge in [0.2, 0.25) is 0 Å². The highest BCUT2D eigenvalue weighted by Crippen LogP contribution is 2.38. The lowest BCUT2D eigenvalue weighted by Crippen LogP contribution is -2.58. The van der Waals surface area contributed by atoms with Crippen LogP contribution in [0.25, 0.3) is 0 Å². The maximum atomic E-state index is 13.4. The summed E-state index contributed by atoms with van der Waals surface area (Å²) >= 11 is 0. The number of methoxy groups -OCH3 is 2. The van der Waals surface area contributed by atoms with Crippen molar-refractivity contribution in [3.63, 3.8) is 0 Å². The predicted molar refractivity (Wildman–Crippen MR) is 128 cm³/mol. The van der Waals surface area contributed by atoms with Crippen molar-refractivity contribution in [3.05, 3.63) is 72.5 Å². The van der Waals surface area contributed by atoms with Crippen LogP contribution in [0.2, 0.25) is 0 Å². The van der Waals surface area contributed by atoms with Crippen LogP contribution in [0.1, 0.15) is 23.7 Å². The van der Waals surface area contributed by atoms with Crippen molar-refractivity contribution in [1.82, 2.24) is 4.90 Å². The molecule has 34 heavy (non-hydrogen) atoms. The van der Waals surface area contributed by atoms with E-state index in [9.17, 15) is 14.4 Å².